The maximum absolute atomic E-state index is 15.0. The average molecular weight is 1470 g/mol. The largest absolute Gasteiger partial charge is 0.309 e. The number of para-hydroxylation sites is 2. The summed E-state index contributed by atoms with van der Waals surface area (Å²) < 4.78 is 5.98. The molecule has 0 bridgehead atoms. The molecule has 0 aliphatic heterocycles. The Kier molecular flexibility index (Phi) is 16.6. The van der Waals surface area contributed by atoms with Gasteiger partial charge in [0.15, 0.2) is 34.9 Å². The van der Waals surface area contributed by atoms with Gasteiger partial charge in [-0.25, -0.2) is 29.9 Å². The van der Waals surface area contributed by atoms with E-state index in [2.05, 4.69) is 223 Å². The van der Waals surface area contributed by atoms with E-state index in [9.17, 15) is 9.59 Å². The van der Waals surface area contributed by atoms with Crippen molar-refractivity contribution in [3.63, 3.8) is 0 Å². The highest BCUT2D eigenvalue weighted by Crippen LogP contribution is 2.41. The van der Waals surface area contributed by atoms with E-state index in [4.69, 9.17) is 29.9 Å². The van der Waals surface area contributed by atoms with Crippen molar-refractivity contribution in [3.8, 4) is 141 Å². The van der Waals surface area contributed by atoms with E-state index < -0.39 is 0 Å². The Morgan fingerprint density at radius 3 is 0.852 bits per heavy atom. The number of rotatable bonds is 14. The average Bonchev–Trinajstić information content (AvgIpc) is 1.15. The van der Waals surface area contributed by atoms with Crippen LogP contribution in [-0.2, 0) is 0 Å². The van der Waals surface area contributed by atoms with E-state index in [1.807, 2.05) is 180 Å². The zero-order valence-electron chi connectivity index (χ0n) is 61.9. The van der Waals surface area contributed by atoms with Gasteiger partial charge in [0.25, 0.3) is 11.1 Å². The van der Waals surface area contributed by atoms with Crippen molar-refractivity contribution in [1.82, 2.24) is 43.6 Å². The lowest BCUT2D eigenvalue weighted by Gasteiger charge is -2.16. The SMILES string of the molecule is O=c1c2ccccc2c2cc(-c3ccc4c(c3)c3ccccc3n4-c3ccccc3)ccc2n1-c1ccc(-c2cc(-c3ccccc3)cc(-c3cccc(-c4cccc(-c5nc(-c6ccccc6)nc(-c6ccc7c(c6)c6ccccc6c(=O)n7-c6ccc(-c7nc(-c8ccccc8)nc(-c8ccccc8)n7)cc6)n5)c4)c3)c2)cc1. The van der Waals surface area contributed by atoms with Crippen molar-refractivity contribution >= 4 is 65.2 Å². The fourth-order valence-corrected chi connectivity index (χ4v) is 16.3. The Balaban J connectivity index is 0.612. The molecule has 0 saturated carbocycles. The zero-order valence-corrected chi connectivity index (χ0v) is 61.9. The smallest absolute Gasteiger partial charge is 0.263 e. The van der Waals surface area contributed by atoms with Gasteiger partial charge in [-0.05, 0) is 206 Å². The van der Waals surface area contributed by atoms with Crippen LogP contribution in [0.5, 0.6) is 0 Å². The monoisotopic (exact) mass is 1470 g/mol. The van der Waals surface area contributed by atoms with E-state index in [0.29, 0.717) is 51.4 Å². The fraction of sp³-hybridized carbons (Fsp3) is 0. The molecule has 11 nitrogen and oxygen atoms in total. The second kappa shape index (κ2) is 28.3. The molecule has 0 N–H and O–H groups in total. The van der Waals surface area contributed by atoms with Gasteiger partial charge in [-0.1, -0.05) is 255 Å². The van der Waals surface area contributed by atoms with E-state index >= 15 is 0 Å². The van der Waals surface area contributed by atoms with Gasteiger partial charge in [-0.2, -0.15) is 0 Å². The first-order valence-corrected chi connectivity index (χ1v) is 38.4. The third kappa shape index (κ3) is 12.3. The first-order chi connectivity index (χ1) is 56.8. The van der Waals surface area contributed by atoms with Crippen LogP contribution >= 0.6 is 0 Å². The van der Waals surface area contributed by atoms with Crippen LogP contribution in [0.4, 0.5) is 0 Å². The third-order valence-corrected chi connectivity index (χ3v) is 22.0. The Bertz CT molecular complexity index is 7480. The maximum atomic E-state index is 15.0. The Morgan fingerprint density at radius 2 is 0.391 bits per heavy atom. The number of benzene rings is 16. The highest BCUT2D eigenvalue weighted by Gasteiger charge is 2.22. The molecule has 0 aliphatic rings. The van der Waals surface area contributed by atoms with Gasteiger partial charge in [0.05, 0.1) is 22.1 Å². The van der Waals surface area contributed by atoms with Crippen molar-refractivity contribution in [1.29, 1.82) is 0 Å². The van der Waals surface area contributed by atoms with Crippen LogP contribution in [0.2, 0.25) is 0 Å². The van der Waals surface area contributed by atoms with Crippen molar-refractivity contribution in [2.45, 2.75) is 0 Å². The molecule has 0 saturated heterocycles. The molecule has 0 amide bonds. The molecule has 0 unspecified atom stereocenters. The van der Waals surface area contributed by atoms with Crippen LogP contribution in [0.15, 0.2) is 404 Å². The number of fused-ring (bicyclic) bond motifs is 9. The summed E-state index contributed by atoms with van der Waals surface area (Å²) >= 11 is 0. The molecule has 0 fully saturated rings. The topological polar surface area (TPSA) is 126 Å². The first-order valence-electron chi connectivity index (χ1n) is 38.4. The predicted molar refractivity (Wildman–Crippen MR) is 469 cm³/mol. The Labute approximate surface area is 660 Å². The summed E-state index contributed by atoms with van der Waals surface area (Å²) in [6, 6.07) is 135. The maximum Gasteiger partial charge on any atom is 0.263 e. The van der Waals surface area contributed by atoms with Crippen LogP contribution in [0, 0.1) is 0 Å². The summed E-state index contributed by atoms with van der Waals surface area (Å²) in [5, 5.41) is 7.17. The summed E-state index contributed by atoms with van der Waals surface area (Å²) in [5.41, 5.74) is 21.6. The second-order valence-electron chi connectivity index (χ2n) is 28.9. The number of aromatic nitrogens is 9. The lowest BCUT2D eigenvalue weighted by atomic mass is 9.92. The highest BCUT2D eigenvalue weighted by atomic mass is 16.1. The van der Waals surface area contributed by atoms with Gasteiger partial charge in [0, 0.05) is 82.8 Å². The first kappa shape index (κ1) is 67.4. The van der Waals surface area contributed by atoms with Gasteiger partial charge in [-0.3, -0.25) is 18.7 Å². The van der Waals surface area contributed by atoms with Crippen molar-refractivity contribution in [3.05, 3.63) is 415 Å². The van der Waals surface area contributed by atoms with Gasteiger partial charge >= 0.3 is 0 Å². The van der Waals surface area contributed by atoms with Crippen molar-refractivity contribution in [2.75, 3.05) is 0 Å². The minimum absolute atomic E-state index is 0.0756. The van der Waals surface area contributed by atoms with Gasteiger partial charge in [-0.15, -0.1) is 0 Å². The van der Waals surface area contributed by atoms with Crippen LogP contribution in [0.1, 0.15) is 0 Å². The van der Waals surface area contributed by atoms with Crippen LogP contribution in [-0.4, -0.2) is 43.6 Å². The number of hydrogen-bond acceptors (Lipinski definition) is 8. The van der Waals surface area contributed by atoms with Gasteiger partial charge in [0.1, 0.15) is 0 Å². The predicted octanol–water partition coefficient (Wildman–Crippen LogP) is 24.4. The standard InChI is InChI=1S/C104H65N9O2/c114-103-88-41-18-16-38-85(88)90-63-75(76-48-55-94-92(64-76)87-40-20-21-43-93(87)111(94)82-36-14-5-15-37-82)49-56-95(90)112(103)83-51-44-67(45-52-83)80-60-79(66-24-6-1-7-25-66)61-81(62-80)74-34-22-32-72(58-74)73-33-23-35-77(59-73)101-108-99(70-30-12-4-13-31-70)109-102(110-101)78-50-57-96-91(65-78)86-39-17-19-42-89(86)104(115)113(96)84-53-46-71(47-54-84)100-106-97(68-26-8-2-9-27-68)105-98(107-100)69-28-10-3-11-29-69/h1-65H. The molecule has 16 aromatic carbocycles. The fourth-order valence-electron chi connectivity index (χ4n) is 16.3. The molecule has 5 aromatic heterocycles. The molecule has 11 heteroatoms. The summed E-state index contributed by atoms with van der Waals surface area (Å²) in [4.78, 5) is 60.4. The van der Waals surface area contributed by atoms with E-state index in [0.717, 1.165) is 144 Å². The summed E-state index contributed by atoms with van der Waals surface area (Å²) in [6.45, 7) is 0. The molecular formula is C104H65N9O2. The number of pyridine rings is 2. The van der Waals surface area contributed by atoms with Gasteiger partial charge < -0.3 is 4.57 Å². The molecule has 0 atom stereocenters. The van der Waals surface area contributed by atoms with Crippen LogP contribution < -0.4 is 11.1 Å². The Hall–Kier alpha value is -15.7. The molecule has 0 spiro atoms. The molecule has 0 radical (unpaired) electrons. The zero-order chi connectivity index (χ0) is 76.5. The Morgan fingerprint density at radius 1 is 0.148 bits per heavy atom. The summed E-state index contributed by atoms with van der Waals surface area (Å²) in [5.74, 6) is 3.16. The molecule has 5 heterocycles. The lowest BCUT2D eigenvalue weighted by Crippen LogP contribution is -2.19. The van der Waals surface area contributed by atoms with Crippen molar-refractivity contribution < 1.29 is 0 Å². The van der Waals surface area contributed by atoms with Gasteiger partial charge in [0.2, 0.25) is 0 Å². The van der Waals surface area contributed by atoms with E-state index in [1.54, 1.807) is 4.57 Å². The lowest BCUT2D eigenvalue weighted by molar-refractivity contribution is 1.05. The molecule has 21 rings (SSSR count). The molecule has 21 aromatic rings. The molecule has 115 heavy (non-hydrogen) atoms. The molecular weight excluding hydrogens is 1410 g/mol. The van der Waals surface area contributed by atoms with E-state index in [-0.39, 0.29) is 11.1 Å². The second-order valence-corrected chi connectivity index (χ2v) is 28.9. The number of nitrogens with zero attached hydrogens (tertiary/aromatic N) is 9. The van der Waals surface area contributed by atoms with Crippen LogP contribution in [0.25, 0.3) is 206 Å². The van der Waals surface area contributed by atoms with Crippen LogP contribution in [0.3, 0.4) is 0 Å². The van der Waals surface area contributed by atoms with Crippen molar-refractivity contribution in [2.24, 2.45) is 0 Å². The normalized spacial score (nSPS) is 11.5. The quantitative estimate of drug-likeness (QED) is 0.0986. The summed E-state index contributed by atoms with van der Waals surface area (Å²) in [6.07, 6.45) is 0. The summed E-state index contributed by atoms with van der Waals surface area (Å²) in [7, 11) is 0. The minimum Gasteiger partial charge on any atom is -0.309 e. The third-order valence-electron chi connectivity index (χ3n) is 22.0. The van der Waals surface area contributed by atoms with E-state index in [1.165, 1.54) is 10.8 Å². The molecule has 538 valence electrons. The number of hydrogen-bond donors (Lipinski definition) is 0. The molecule has 0 aliphatic carbocycles. The minimum atomic E-state index is -0.147. The highest BCUT2D eigenvalue weighted by molar-refractivity contribution is 6.12.